The van der Waals surface area contributed by atoms with Crippen molar-refractivity contribution in [3.8, 4) is 0 Å². The summed E-state index contributed by atoms with van der Waals surface area (Å²) in [6.45, 7) is 1.72. The van der Waals surface area contributed by atoms with Gasteiger partial charge in [-0.3, -0.25) is 0 Å². The van der Waals surface area contributed by atoms with Crippen LogP contribution in [0.15, 0.2) is 12.1 Å². The maximum absolute atomic E-state index is 12.2. The highest BCUT2D eigenvalue weighted by Crippen LogP contribution is 2.30. The van der Waals surface area contributed by atoms with E-state index in [-0.39, 0.29) is 5.15 Å². The molecule has 0 atom stereocenters. The average Bonchev–Trinajstić information content (AvgIpc) is 2.01. The molecule has 5 heteroatoms. The fourth-order valence-corrected chi connectivity index (χ4v) is 1.12. The zero-order valence-electron chi connectivity index (χ0n) is 6.82. The van der Waals surface area contributed by atoms with E-state index in [4.69, 9.17) is 11.6 Å². The molecular formula is C8H7ClF3N. The average molecular weight is 210 g/mol. The Labute approximate surface area is 78.5 Å². The molecule has 0 N–H and O–H groups in total. The Balaban J connectivity index is 3.16. The minimum atomic E-state index is -4.35. The van der Waals surface area contributed by atoms with Crippen molar-refractivity contribution in [1.82, 2.24) is 4.98 Å². The Morgan fingerprint density at radius 2 is 2.00 bits per heavy atom. The smallest absolute Gasteiger partial charge is 0.241 e. The van der Waals surface area contributed by atoms with Crippen LogP contribution in [-0.2, 0) is 12.6 Å². The molecule has 0 aliphatic rings. The molecule has 0 aromatic carbocycles. The monoisotopic (exact) mass is 209 g/mol. The van der Waals surface area contributed by atoms with Gasteiger partial charge in [-0.25, -0.2) is 4.98 Å². The molecule has 0 radical (unpaired) electrons. The molecule has 1 heterocycles. The molecule has 0 spiro atoms. The van der Waals surface area contributed by atoms with Gasteiger partial charge in [0.25, 0.3) is 0 Å². The number of aryl methyl sites for hydroxylation is 1. The first-order valence-corrected chi connectivity index (χ1v) is 4.05. The first-order chi connectivity index (χ1) is 5.93. The zero-order valence-corrected chi connectivity index (χ0v) is 7.58. The largest absolute Gasteiger partial charge is 0.416 e. The van der Waals surface area contributed by atoms with Gasteiger partial charge in [0.15, 0.2) is 0 Å². The highest BCUT2D eigenvalue weighted by molar-refractivity contribution is 6.29. The summed E-state index contributed by atoms with van der Waals surface area (Å²) in [7, 11) is 0. The van der Waals surface area contributed by atoms with Crippen molar-refractivity contribution in [3.63, 3.8) is 0 Å². The lowest BCUT2D eigenvalue weighted by Crippen LogP contribution is -2.06. The number of hydrogen-bond donors (Lipinski definition) is 0. The molecule has 0 aliphatic heterocycles. The molecular weight excluding hydrogens is 203 g/mol. The van der Waals surface area contributed by atoms with E-state index in [9.17, 15) is 13.2 Å². The maximum atomic E-state index is 12.2. The normalized spacial score (nSPS) is 11.8. The van der Waals surface area contributed by atoms with Crippen LogP contribution in [0, 0.1) is 0 Å². The lowest BCUT2D eigenvalue weighted by Gasteiger charge is -2.07. The van der Waals surface area contributed by atoms with Gasteiger partial charge in [0, 0.05) is 5.69 Å². The highest BCUT2D eigenvalue weighted by Gasteiger charge is 2.31. The van der Waals surface area contributed by atoms with Crippen molar-refractivity contribution in [2.75, 3.05) is 0 Å². The fraction of sp³-hybridized carbons (Fsp3) is 0.375. The van der Waals surface area contributed by atoms with Crippen LogP contribution in [0.2, 0.25) is 5.15 Å². The van der Waals surface area contributed by atoms with Gasteiger partial charge in [0.1, 0.15) is 5.15 Å². The van der Waals surface area contributed by atoms with Gasteiger partial charge in [-0.1, -0.05) is 18.5 Å². The van der Waals surface area contributed by atoms with E-state index in [1.807, 2.05) is 0 Å². The summed E-state index contributed by atoms with van der Waals surface area (Å²) in [5.41, 5.74) is -0.399. The standard InChI is InChI=1S/C8H7ClF3N/c1-2-6-3-5(8(10,11)12)4-7(9)13-6/h3-4H,2H2,1H3. The first-order valence-electron chi connectivity index (χ1n) is 3.67. The second kappa shape index (κ2) is 3.54. The lowest BCUT2D eigenvalue weighted by molar-refractivity contribution is -0.137. The van der Waals surface area contributed by atoms with Crippen LogP contribution in [0.3, 0.4) is 0 Å². The fourth-order valence-electron chi connectivity index (χ4n) is 0.896. The number of halogens is 4. The van der Waals surface area contributed by atoms with E-state index in [0.717, 1.165) is 12.1 Å². The molecule has 1 rings (SSSR count). The van der Waals surface area contributed by atoms with Crippen molar-refractivity contribution in [3.05, 3.63) is 28.5 Å². The maximum Gasteiger partial charge on any atom is 0.416 e. The number of pyridine rings is 1. The van der Waals surface area contributed by atoms with Crippen LogP contribution in [0.1, 0.15) is 18.2 Å². The van der Waals surface area contributed by atoms with Crippen molar-refractivity contribution in [2.24, 2.45) is 0 Å². The van der Waals surface area contributed by atoms with E-state index < -0.39 is 11.7 Å². The number of hydrogen-bond acceptors (Lipinski definition) is 1. The van der Waals surface area contributed by atoms with E-state index in [1.54, 1.807) is 6.92 Å². The predicted octanol–water partition coefficient (Wildman–Crippen LogP) is 3.32. The van der Waals surface area contributed by atoms with Crippen molar-refractivity contribution >= 4 is 11.6 Å². The van der Waals surface area contributed by atoms with E-state index >= 15 is 0 Å². The van der Waals surface area contributed by atoms with Crippen LogP contribution < -0.4 is 0 Å². The Morgan fingerprint density at radius 3 is 2.46 bits per heavy atom. The minimum absolute atomic E-state index is 0.119. The minimum Gasteiger partial charge on any atom is -0.241 e. The Morgan fingerprint density at radius 1 is 1.38 bits per heavy atom. The number of alkyl halides is 3. The molecule has 1 aromatic rings. The molecule has 72 valence electrons. The number of aromatic nitrogens is 1. The van der Waals surface area contributed by atoms with Crippen molar-refractivity contribution in [2.45, 2.75) is 19.5 Å². The van der Waals surface area contributed by atoms with E-state index in [1.165, 1.54) is 0 Å². The topological polar surface area (TPSA) is 12.9 Å². The molecule has 0 amide bonds. The molecule has 13 heavy (non-hydrogen) atoms. The van der Waals surface area contributed by atoms with Crippen LogP contribution in [0.25, 0.3) is 0 Å². The van der Waals surface area contributed by atoms with Crippen molar-refractivity contribution in [1.29, 1.82) is 0 Å². The molecule has 0 fully saturated rings. The number of nitrogens with zero attached hydrogens (tertiary/aromatic N) is 1. The third kappa shape index (κ3) is 2.59. The van der Waals surface area contributed by atoms with E-state index in [2.05, 4.69) is 4.98 Å². The van der Waals surface area contributed by atoms with Crippen molar-refractivity contribution < 1.29 is 13.2 Å². The summed E-state index contributed by atoms with van der Waals surface area (Å²) in [6, 6.07) is 1.83. The quantitative estimate of drug-likeness (QED) is 0.647. The third-order valence-corrected chi connectivity index (χ3v) is 1.73. The molecule has 0 saturated heterocycles. The van der Waals surface area contributed by atoms with Gasteiger partial charge in [-0.2, -0.15) is 13.2 Å². The Hall–Kier alpha value is -0.770. The van der Waals surface area contributed by atoms with E-state index in [0.29, 0.717) is 12.1 Å². The van der Waals surface area contributed by atoms with Gasteiger partial charge in [-0.05, 0) is 18.6 Å². The number of rotatable bonds is 1. The van der Waals surface area contributed by atoms with Crippen LogP contribution in [0.5, 0.6) is 0 Å². The summed E-state index contributed by atoms with van der Waals surface area (Å²) in [4.78, 5) is 3.73. The molecule has 1 aromatic heterocycles. The zero-order chi connectivity index (χ0) is 10.1. The lowest BCUT2D eigenvalue weighted by atomic mass is 10.2. The van der Waals surface area contributed by atoms with Gasteiger partial charge in [0.2, 0.25) is 0 Å². The summed E-state index contributed by atoms with van der Waals surface area (Å²) in [5.74, 6) is 0. The predicted molar refractivity (Wildman–Crippen MR) is 43.6 cm³/mol. The summed E-state index contributed by atoms with van der Waals surface area (Å²) >= 11 is 5.42. The van der Waals surface area contributed by atoms with Crippen LogP contribution in [-0.4, -0.2) is 4.98 Å². The molecule has 0 unspecified atom stereocenters. The Kier molecular flexibility index (Phi) is 2.81. The first kappa shape index (κ1) is 10.3. The summed E-state index contributed by atoms with van der Waals surface area (Å²) < 4.78 is 36.6. The second-order valence-electron chi connectivity index (χ2n) is 2.52. The van der Waals surface area contributed by atoms with Crippen LogP contribution in [0.4, 0.5) is 13.2 Å². The molecule has 0 bridgehead atoms. The van der Waals surface area contributed by atoms with Crippen LogP contribution >= 0.6 is 11.6 Å². The van der Waals surface area contributed by atoms with Gasteiger partial charge >= 0.3 is 6.18 Å². The summed E-state index contributed by atoms with van der Waals surface area (Å²) in [5, 5.41) is -0.119. The second-order valence-corrected chi connectivity index (χ2v) is 2.91. The van der Waals surface area contributed by atoms with Gasteiger partial charge in [0.05, 0.1) is 5.56 Å². The molecule has 1 nitrogen and oxygen atoms in total. The molecule has 0 saturated carbocycles. The highest BCUT2D eigenvalue weighted by atomic mass is 35.5. The third-order valence-electron chi connectivity index (χ3n) is 1.54. The summed E-state index contributed by atoms with van der Waals surface area (Å²) in [6.07, 6.45) is -3.92. The SMILES string of the molecule is CCc1cc(C(F)(F)F)cc(Cl)n1. The van der Waals surface area contributed by atoms with Gasteiger partial charge < -0.3 is 0 Å². The van der Waals surface area contributed by atoms with Gasteiger partial charge in [-0.15, -0.1) is 0 Å². The Bertz CT molecular complexity index is 309. The molecule has 0 aliphatic carbocycles.